The number of aromatic nitrogens is 1. The Morgan fingerprint density at radius 3 is 2.72 bits per heavy atom. The standard InChI is InChI=1S/C20H13BrN2OS/c21-14-8-6-12(7-9-14)19(24)23-20-22-18-15-3-1-2-11-4-5-13(17(11)15)10-16(18)25-20/h1-3,6-10H,4-5H2,(H,22,23,24). The zero-order valence-corrected chi connectivity index (χ0v) is 15.6. The van der Waals surface area contributed by atoms with Gasteiger partial charge in [-0.1, -0.05) is 45.5 Å². The summed E-state index contributed by atoms with van der Waals surface area (Å²) in [5.74, 6) is -0.135. The summed E-state index contributed by atoms with van der Waals surface area (Å²) in [5.41, 5.74) is 4.41. The molecule has 1 aliphatic carbocycles. The Morgan fingerprint density at radius 1 is 1.08 bits per heavy atom. The highest BCUT2D eigenvalue weighted by molar-refractivity contribution is 9.10. The molecule has 1 aromatic heterocycles. The van der Waals surface area contributed by atoms with E-state index < -0.39 is 0 Å². The van der Waals surface area contributed by atoms with E-state index in [9.17, 15) is 4.79 Å². The fourth-order valence-corrected chi connectivity index (χ4v) is 4.74. The third-order valence-corrected chi connectivity index (χ3v) is 6.12. The maximum absolute atomic E-state index is 12.4. The number of anilines is 1. The number of aryl methyl sites for hydroxylation is 2. The molecule has 0 aliphatic heterocycles. The number of hydrogen-bond donors (Lipinski definition) is 1. The van der Waals surface area contributed by atoms with E-state index in [0.717, 1.165) is 27.5 Å². The molecule has 1 aliphatic rings. The van der Waals surface area contributed by atoms with Gasteiger partial charge in [-0.15, -0.1) is 0 Å². The van der Waals surface area contributed by atoms with E-state index in [1.165, 1.54) is 33.2 Å². The van der Waals surface area contributed by atoms with E-state index in [2.05, 4.69) is 45.5 Å². The van der Waals surface area contributed by atoms with Crippen LogP contribution >= 0.6 is 27.3 Å². The molecule has 3 aromatic carbocycles. The number of nitrogens with one attached hydrogen (secondary N) is 1. The lowest BCUT2D eigenvalue weighted by atomic mass is 10.0. The minimum absolute atomic E-state index is 0.135. The maximum atomic E-state index is 12.4. The van der Waals surface area contributed by atoms with Crippen molar-refractivity contribution >= 4 is 59.3 Å². The van der Waals surface area contributed by atoms with Crippen molar-refractivity contribution in [2.45, 2.75) is 12.8 Å². The quantitative estimate of drug-likeness (QED) is 0.471. The van der Waals surface area contributed by atoms with Gasteiger partial charge in [-0.3, -0.25) is 10.1 Å². The molecule has 0 fully saturated rings. The van der Waals surface area contributed by atoms with Crippen LogP contribution in [0.4, 0.5) is 5.13 Å². The van der Waals surface area contributed by atoms with Gasteiger partial charge < -0.3 is 0 Å². The molecule has 4 aromatic rings. The molecule has 0 bridgehead atoms. The number of carbonyl (C=O) groups excluding carboxylic acids is 1. The Kier molecular flexibility index (Phi) is 3.40. The molecule has 0 spiro atoms. The van der Waals surface area contributed by atoms with E-state index in [1.54, 1.807) is 12.1 Å². The number of amides is 1. The van der Waals surface area contributed by atoms with Crippen LogP contribution in [0.15, 0.2) is 53.0 Å². The van der Waals surface area contributed by atoms with Crippen LogP contribution in [0.1, 0.15) is 21.5 Å². The normalized spacial score (nSPS) is 12.8. The first-order chi connectivity index (χ1) is 12.2. The largest absolute Gasteiger partial charge is 0.298 e. The molecule has 0 unspecified atom stereocenters. The number of nitrogens with zero attached hydrogens (tertiary/aromatic N) is 1. The van der Waals surface area contributed by atoms with Gasteiger partial charge in [-0.25, -0.2) is 4.98 Å². The van der Waals surface area contributed by atoms with Gasteiger partial charge in [0.05, 0.1) is 10.2 Å². The highest BCUT2D eigenvalue weighted by atomic mass is 79.9. The molecule has 0 atom stereocenters. The lowest BCUT2D eigenvalue weighted by molar-refractivity contribution is 0.102. The van der Waals surface area contributed by atoms with Gasteiger partial charge in [-0.2, -0.15) is 0 Å². The number of halogens is 1. The van der Waals surface area contributed by atoms with Gasteiger partial charge in [-0.05, 0) is 59.7 Å². The SMILES string of the molecule is O=C(Nc1nc2c(cc3c4c(cccc42)CC3)s1)c1ccc(Br)cc1. The summed E-state index contributed by atoms with van der Waals surface area (Å²) in [4.78, 5) is 17.1. The van der Waals surface area contributed by atoms with Crippen molar-refractivity contribution in [3.05, 3.63) is 69.7 Å². The summed E-state index contributed by atoms with van der Waals surface area (Å²) in [6.45, 7) is 0. The fourth-order valence-electron chi connectivity index (χ4n) is 3.53. The van der Waals surface area contributed by atoms with Crippen LogP contribution in [-0.2, 0) is 12.8 Å². The lowest BCUT2D eigenvalue weighted by Gasteiger charge is -2.02. The molecule has 0 saturated heterocycles. The molecular formula is C20H13BrN2OS. The minimum Gasteiger partial charge on any atom is -0.298 e. The van der Waals surface area contributed by atoms with E-state index in [-0.39, 0.29) is 5.91 Å². The summed E-state index contributed by atoms with van der Waals surface area (Å²) in [6, 6.07) is 16.0. The molecule has 5 heteroatoms. The van der Waals surface area contributed by atoms with Crippen LogP contribution in [0.2, 0.25) is 0 Å². The first kappa shape index (κ1) is 15.0. The van der Waals surface area contributed by atoms with Crippen molar-refractivity contribution in [1.29, 1.82) is 0 Å². The average Bonchev–Trinajstić information content (AvgIpc) is 3.21. The monoisotopic (exact) mass is 408 g/mol. The van der Waals surface area contributed by atoms with Gasteiger partial charge in [0.25, 0.3) is 5.91 Å². The summed E-state index contributed by atoms with van der Waals surface area (Å²) in [6.07, 6.45) is 2.20. The Balaban J connectivity index is 1.57. The third kappa shape index (κ3) is 2.46. The average molecular weight is 409 g/mol. The van der Waals surface area contributed by atoms with Gasteiger partial charge in [0, 0.05) is 15.4 Å². The number of rotatable bonds is 2. The second kappa shape index (κ2) is 5.64. The molecular weight excluding hydrogens is 396 g/mol. The molecule has 25 heavy (non-hydrogen) atoms. The second-order valence-electron chi connectivity index (χ2n) is 6.20. The molecule has 0 saturated carbocycles. The van der Waals surface area contributed by atoms with Crippen LogP contribution in [0, 0.1) is 0 Å². The minimum atomic E-state index is -0.135. The van der Waals surface area contributed by atoms with Crippen molar-refractivity contribution in [3.8, 4) is 0 Å². The Hall–Kier alpha value is -2.24. The summed E-state index contributed by atoms with van der Waals surface area (Å²) in [5, 5.41) is 6.13. The number of thiazole rings is 1. The number of fused-ring (bicyclic) bond motifs is 2. The van der Waals surface area contributed by atoms with Crippen molar-refractivity contribution < 1.29 is 4.79 Å². The molecule has 3 nitrogen and oxygen atoms in total. The summed E-state index contributed by atoms with van der Waals surface area (Å²) in [7, 11) is 0. The Labute approximate surface area is 156 Å². The van der Waals surface area contributed by atoms with Crippen molar-refractivity contribution in [2.24, 2.45) is 0 Å². The van der Waals surface area contributed by atoms with Crippen LogP contribution in [0.5, 0.6) is 0 Å². The molecule has 1 amide bonds. The van der Waals surface area contributed by atoms with E-state index in [1.807, 2.05) is 12.1 Å². The smallest absolute Gasteiger partial charge is 0.257 e. The van der Waals surface area contributed by atoms with E-state index in [0.29, 0.717) is 10.7 Å². The number of carbonyl (C=O) groups is 1. The molecule has 0 radical (unpaired) electrons. The van der Waals surface area contributed by atoms with Crippen LogP contribution < -0.4 is 5.32 Å². The first-order valence-electron chi connectivity index (χ1n) is 8.10. The Bertz CT molecular complexity index is 1150. The second-order valence-corrected chi connectivity index (χ2v) is 8.15. The van der Waals surface area contributed by atoms with Crippen LogP contribution in [0.3, 0.4) is 0 Å². The van der Waals surface area contributed by atoms with Gasteiger partial charge in [0.1, 0.15) is 0 Å². The topological polar surface area (TPSA) is 42.0 Å². The van der Waals surface area contributed by atoms with Crippen LogP contribution in [-0.4, -0.2) is 10.9 Å². The summed E-state index contributed by atoms with van der Waals surface area (Å²) < 4.78 is 2.08. The molecule has 122 valence electrons. The predicted molar refractivity (Wildman–Crippen MR) is 107 cm³/mol. The van der Waals surface area contributed by atoms with Crippen molar-refractivity contribution in [2.75, 3.05) is 5.32 Å². The number of hydrogen-bond acceptors (Lipinski definition) is 3. The zero-order valence-electron chi connectivity index (χ0n) is 13.2. The number of benzene rings is 3. The van der Waals surface area contributed by atoms with Gasteiger partial charge >= 0.3 is 0 Å². The molecule has 5 rings (SSSR count). The predicted octanol–water partition coefficient (Wildman–Crippen LogP) is 5.56. The van der Waals surface area contributed by atoms with Gasteiger partial charge in [0.15, 0.2) is 5.13 Å². The van der Waals surface area contributed by atoms with E-state index >= 15 is 0 Å². The fraction of sp³-hybridized carbons (Fsp3) is 0.100. The lowest BCUT2D eigenvalue weighted by Crippen LogP contribution is -2.11. The van der Waals surface area contributed by atoms with Crippen molar-refractivity contribution in [1.82, 2.24) is 4.98 Å². The van der Waals surface area contributed by atoms with Gasteiger partial charge in [0.2, 0.25) is 0 Å². The zero-order chi connectivity index (χ0) is 17.0. The highest BCUT2D eigenvalue weighted by Crippen LogP contribution is 2.39. The molecule has 1 heterocycles. The van der Waals surface area contributed by atoms with Crippen LogP contribution in [0.25, 0.3) is 21.0 Å². The first-order valence-corrected chi connectivity index (χ1v) is 9.71. The summed E-state index contributed by atoms with van der Waals surface area (Å²) >= 11 is 4.92. The van der Waals surface area contributed by atoms with E-state index in [4.69, 9.17) is 4.98 Å². The highest BCUT2D eigenvalue weighted by Gasteiger charge is 2.19. The Morgan fingerprint density at radius 2 is 1.88 bits per heavy atom. The maximum Gasteiger partial charge on any atom is 0.257 e. The molecule has 1 N–H and O–H groups in total. The third-order valence-electron chi connectivity index (χ3n) is 4.68. The van der Waals surface area contributed by atoms with Crippen molar-refractivity contribution in [3.63, 3.8) is 0 Å².